The van der Waals surface area contributed by atoms with E-state index in [-0.39, 0.29) is 5.82 Å². The van der Waals surface area contributed by atoms with Crippen LogP contribution in [-0.4, -0.2) is 4.57 Å². The second kappa shape index (κ2) is 5.80. The number of rotatable bonds is 3. The van der Waals surface area contributed by atoms with Gasteiger partial charge >= 0.3 is 0 Å². The fourth-order valence-electron chi connectivity index (χ4n) is 3.08. The largest absolute Gasteiger partial charge is 0.338 e. The molecule has 22 heavy (non-hydrogen) atoms. The third-order valence-electron chi connectivity index (χ3n) is 3.92. The van der Waals surface area contributed by atoms with Crippen LogP contribution in [0.4, 0.5) is 4.39 Å². The number of allylic oxidation sites excluding steroid dienone is 1. The van der Waals surface area contributed by atoms with Crippen molar-refractivity contribution in [3.8, 4) is 11.1 Å². The Morgan fingerprint density at radius 3 is 2.32 bits per heavy atom. The van der Waals surface area contributed by atoms with Crippen LogP contribution in [0.5, 0.6) is 0 Å². The summed E-state index contributed by atoms with van der Waals surface area (Å²) in [6.07, 6.45) is 4.19. The van der Waals surface area contributed by atoms with Crippen LogP contribution in [0.15, 0.2) is 54.6 Å². The SMILES string of the molecule is C/C=C/c1c(-c2ccc(F)cc2)c2ccccc2n1C(C)C. The number of nitrogens with zero attached hydrogens (tertiary/aromatic N) is 1. The Balaban J connectivity index is 2.41. The lowest BCUT2D eigenvalue weighted by molar-refractivity contribution is 0.618. The van der Waals surface area contributed by atoms with Crippen molar-refractivity contribution in [2.24, 2.45) is 0 Å². The summed E-state index contributed by atoms with van der Waals surface area (Å²) in [4.78, 5) is 0. The van der Waals surface area contributed by atoms with Gasteiger partial charge in [-0.25, -0.2) is 4.39 Å². The van der Waals surface area contributed by atoms with Crippen molar-refractivity contribution in [3.05, 3.63) is 66.1 Å². The van der Waals surface area contributed by atoms with Crippen LogP contribution in [-0.2, 0) is 0 Å². The molecule has 0 aliphatic carbocycles. The molecule has 3 rings (SSSR count). The van der Waals surface area contributed by atoms with E-state index in [0.29, 0.717) is 6.04 Å². The summed E-state index contributed by atoms with van der Waals surface area (Å²) in [7, 11) is 0. The maximum atomic E-state index is 13.3. The molecule has 2 heteroatoms. The molecule has 0 saturated heterocycles. The number of hydrogen-bond donors (Lipinski definition) is 0. The van der Waals surface area contributed by atoms with Crippen LogP contribution in [0.3, 0.4) is 0 Å². The molecular weight excluding hydrogens is 273 g/mol. The van der Waals surface area contributed by atoms with Crippen LogP contribution in [0.1, 0.15) is 32.5 Å². The molecule has 0 aliphatic rings. The van der Waals surface area contributed by atoms with Gasteiger partial charge in [0, 0.05) is 28.2 Å². The van der Waals surface area contributed by atoms with Crippen LogP contribution in [0.2, 0.25) is 0 Å². The molecule has 112 valence electrons. The molecule has 1 aromatic heterocycles. The first-order chi connectivity index (χ1) is 10.6. The highest BCUT2D eigenvalue weighted by atomic mass is 19.1. The zero-order chi connectivity index (χ0) is 15.7. The van der Waals surface area contributed by atoms with Gasteiger partial charge in [-0.3, -0.25) is 0 Å². The summed E-state index contributed by atoms with van der Waals surface area (Å²) in [5, 5.41) is 1.20. The second-order valence-electron chi connectivity index (χ2n) is 5.75. The Morgan fingerprint density at radius 2 is 1.68 bits per heavy atom. The highest BCUT2D eigenvalue weighted by molar-refractivity contribution is 6.00. The Morgan fingerprint density at radius 1 is 1.00 bits per heavy atom. The molecule has 0 amide bonds. The van der Waals surface area contributed by atoms with Crippen molar-refractivity contribution >= 4 is 17.0 Å². The summed E-state index contributed by atoms with van der Waals surface area (Å²) in [6, 6.07) is 15.5. The molecule has 1 heterocycles. The van der Waals surface area contributed by atoms with Crippen molar-refractivity contribution in [2.75, 3.05) is 0 Å². The second-order valence-corrected chi connectivity index (χ2v) is 5.75. The van der Waals surface area contributed by atoms with E-state index in [4.69, 9.17) is 0 Å². The van der Waals surface area contributed by atoms with Crippen LogP contribution >= 0.6 is 0 Å². The summed E-state index contributed by atoms with van der Waals surface area (Å²) >= 11 is 0. The Bertz CT molecular complexity index is 823. The number of aromatic nitrogens is 1. The van der Waals surface area contributed by atoms with Gasteiger partial charge in [0.05, 0.1) is 0 Å². The molecule has 0 radical (unpaired) electrons. The van der Waals surface area contributed by atoms with E-state index < -0.39 is 0 Å². The van der Waals surface area contributed by atoms with Gasteiger partial charge in [0.1, 0.15) is 5.82 Å². The fourth-order valence-corrected chi connectivity index (χ4v) is 3.08. The predicted molar refractivity (Wildman–Crippen MR) is 92.4 cm³/mol. The van der Waals surface area contributed by atoms with Gasteiger partial charge in [-0.1, -0.05) is 36.4 Å². The third-order valence-corrected chi connectivity index (χ3v) is 3.92. The van der Waals surface area contributed by atoms with Crippen LogP contribution < -0.4 is 0 Å². The highest BCUT2D eigenvalue weighted by Crippen LogP contribution is 2.37. The topological polar surface area (TPSA) is 4.93 Å². The van der Waals surface area contributed by atoms with E-state index in [2.05, 4.69) is 54.8 Å². The quantitative estimate of drug-likeness (QED) is 0.553. The number of hydrogen-bond acceptors (Lipinski definition) is 0. The van der Waals surface area contributed by atoms with Gasteiger partial charge in [-0.05, 0) is 50.6 Å². The van der Waals surface area contributed by atoms with Gasteiger partial charge in [0.2, 0.25) is 0 Å². The number of halogens is 1. The Hall–Kier alpha value is -2.35. The molecule has 0 spiro atoms. The average molecular weight is 293 g/mol. The molecule has 2 aromatic carbocycles. The van der Waals surface area contributed by atoms with Crippen LogP contribution in [0.25, 0.3) is 28.1 Å². The van der Waals surface area contributed by atoms with Gasteiger partial charge in [-0.15, -0.1) is 0 Å². The normalized spacial score (nSPS) is 11.9. The van der Waals surface area contributed by atoms with Crippen molar-refractivity contribution < 1.29 is 4.39 Å². The summed E-state index contributed by atoms with van der Waals surface area (Å²) in [6.45, 7) is 6.40. The van der Waals surface area contributed by atoms with E-state index in [1.165, 1.54) is 34.3 Å². The molecule has 0 bridgehead atoms. The highest BCUT2D eigenvalue weighted by Gasteiger charge is 2.18. The minimum absolute atomic E-state index is 0.205. The van der Waals surface area contributed by atoms with E-state index in [1.807, 2.05) is 19.1 Å². The minimum atomic E-state index is -0.205. The van der Waals surface area contributed by atoms with Crippen molar-refractivity contribution in [3.63, 3.8) is 0 Å². The summed E-state index contributed by atoms with van der Waals surface area (Å²) in [5.41, 5.74) is 4.60. The Labute approximate surface area is 130 Å². The Kier molecular flexibility index (Phi) is 3.84. The molecule has 0 aliphatic heterocycles. The number of fused-ring (bicyclic) bond motifs is 1. The molecule has 0 unspecified atom stereocenters. The number of benzene rings is 2. The molecule has 0 N–H and O–H groups in total. The molecule has 0 fully saturated rings. The predicted octanol–water partition coefficient (Wildman–Crippen LogP) is 6.06. The first kappa shape index (κ1) is 14.6. The van der Waals surface area contributed by atoms with E-state index in [0.717, 1.165) is 5.56 Å². The maximum Gasteiger partial charge on any atom is 0.123 e. The zero-order valence-corrected chi connectivity index (χ0v) is 13.2. The fraction of sp³-hybridized carbons (Fsp3) is 0.200. The maximum absolute atomic E-state index is 13.3. The first-order valence-electron chi connectivity index (χ1n) is 7.65. The lowest BCUT2D eigenvalue weighted by Crippen LogP contribution is -2.02. The van der Waals surface area contributed by atoms with E-state index in [1.54, 1.807) is 0 Å². The monoisotopic (exact) mass is 293 g/mol. The molecule has 3 aromatic rings. The lowest BCUT2D eigenvalue weighted by Gasteiger charge is -2.13. The van der Waals surface area contributed by atoms with Crippen molar-refractivity contribution in [2.45, 2.75) is 26.8 Å². The molecule has 0 atom stereocenters. The van der Waals surface area contributed by atoms with Crippen LogP contribution in [0, 0.1) is 5.82 Å². The van der Waals surface area contributed by atoms with Gasteiger partial charge in [0.25, 0.3) is 0 Å². The smallest absolute Gasteiger partial charge is 0.123 e. The standard InChI is InChI=1S/C20H20FN/c1-4-7-19-20(15-10-12-16(21)13-11-15)17-8-5-6-9-18(17)22(19)14(2)3/h4-14H,1-3H3/b7-4+. The number of para-hydroxylation sites is 1. The van der Waals surface area contributed by atoms with E-state index in [9.17, 15) is 4.39 Å². The van der Waals surface area contributed by atoms with Crippen molar-refractivity contribution in [1.29, 1.82) is 0 Å². The average Bonchev–Trinajstić information content (AvgIpc) is 2.83. The third kappa shape index (κ3) is 2.35. The molecular formula is C20H20FN. The van der Waals surface area contributed by atoms with Crippen molar-refractivity contribution in [1.82, 2.24) is 4.57 Å². The van der Waals surface area contributed by atoms with Gasteiger partial charge in [-0.2, -0.15) is 0 Å². The summed E-state index contributed by atoms with van der Waals surface area (Å²) in [5.74, 6) is -0.205. The first-order valence-corrected chi connectivity index (χ1v) is 7.65. The molecule has 0 saturated carbocycles. The lowest BCUT2D eigenvalue weighted by atomic mass is 10.0. The zero-order valence-electron chi connectivity index (χ0n) is 13.2. The van der Waals surface area contributed by atoms with E-state index >= 15 is 0 Å². The minimum Gasteiger partial charge on any atom is -0.338 e. The summed E-state index contributed by atoms with van der Waals surface area (Å²) < 4.78 is 15.6. The van der Waals surface area contributed by atoms with Gasteiger partial charge in [0.15, 0.2) is 0 Å². The molecule has 1 nitrogen and oxygen atoms in total. The van der Waals surface area contributed by atoms with Gasteiger partial charge < -0.3 is 4.57 Å².